The van der Waals surface area contributed by atoms with Crippen molar-refractivity contribution in [3.63, 3.8) is 0 Å². The summed E-state index contributed by atoms with van der Waals surface area (Å²) in [5, 5.41) is 8.58. The topological polar surface area (TPSA) is 140 Å². The van der Waals surface area contributed by atoms with E-state index in [1.165, 1.54) is 14.0 Å². The van der Waals surface area contributed by atoms with Crippen LogP contribution in [-0.2, 0) is 33.4 Å². The Morgan fingerprint density at radius 3 is 1.57 bits per heavy atom. The molecule has 0 aromatic heterocycles. The molecule has 214 valence electrons. The van der Waals surface area contributed by atoms with Gasteiger partial charge < -0.3 is 25.4 Å². The van der Waals surface area contributed by atoms with Crippen molar-refractivity contribution < 1.29 is 33.4 Å². The lowest BCUT2D eigenvalue weighted by Crippen LogP contribution is -2.45. The molecule has 0 aliphatic carbocycles. The number of esters is 2. The van der Waals surface area contributed by atoms with Gasteiger partial charge in [-0.15, -0.1) is 0 Å². The first-order valence-corrected chi connectivity index (χ1v) is 13.1. The van der Waals surface area contributed by atoms with E-state index in [9.17, 15) is 24.0 Å². The first-order chi connectivity index (χ1) is 17.0. The van der Waals surface area contributed by atoms with Gasteiger partial charge in [-0.2, -0.15) is 0 Å². The van der Waals surface area contributed by atoms with Crippen LogP contribution in [0, 0.1) is 11.8 Å². The number of nitrogens with one attached hydrogen (secondary N) is 3. The molecule has 37 heavy (non-hydrogen) atoms. The number of methoxy groups -OCH3 is 1. The van der Waals surface area contributed by atoms with Gasteiger partial charge >= 0.3 is 11.9 Å². The summed E-state index contributed by atoms with van der Waals surface area (Å²) in [7, 11) is 1.26. The quantitative estimate of drug-likeness (QED) is 0.262. The van der Waals surface area contributed by atoms with Gasteiger partial charge in [-0.05, 0) is 51.9 Å². The molecule has 3 atom stereocenters. The molecule has 0 aliphatic rings. The van der Waals surface area contributed by atoms with E-state index in [1.807, 2.05) is 27.7 Å². The molecule has 3 amide bonds. The van der Waals surface area contributed by atoms with Gasteiger partial charge in [0.05, 0.1) is 13.5 Å². The highest BCUT2D eigenvalue weighted by atomic mass is 16.6. The van der Waals surface area contributed by atoms with E-state index >= 15 is 0 Å². The molecular weight excluding hydrogens is 478 g/mol. The monoisotopic (exact) mass is 527 g/mol. The van der Waals surface area contributed by atoms with Gasteiger partial charge in [0, 0.05) is 44.3 Å². The van der Waals surface area contributed by atoms with Gasteiger partial charge in [0.15, 0.2) is 0 Å². The standard InChI is InChI=1S/C27H49N3O7/c1-17(2)12-21(28-19(5)31)14-24(33)30-22(13-18(3)4)15-23(32)29-20(16-26(35)36-9)10-11-25(34)37-27(6,7)8/h17-18,20-22H,10-16H2,1-9H3,(H,28,31)(H,29,32)(H,30,33)/t20-,21-,22-/m1/s1. The van der Waals surface area contributed by atoms with Gasteiger partial charge in [-0.3, -0.25) is 24.0 Å². The number of ether oxygens (including phenoxy) is 2. The second-order valence-electron chi connectivity index (χ2n) is 11.5. The fourth-order valence-corrected chi connectivity index (χ4v) is 4.03. The lowest BCUT2D eigenvalue weighted by molar-refractivity contribution is -0.155. The Balaban J connectivity index is 5.22. The minimum absolute atomic E-state index is 0.0169. The van der Waals surface area contributed by atoms with Crippen molar-refractivity contribution in [1.29, 1.82) is 0 Å². The average Bonchev–Trinajstić information content (AvgIpc) is 2.68. The molecule has 0 saturated carbocycles. The molecule has 0 fully saturated rings. The van der Waals surface area contributed by atoms with E-state index in [1.54, 1.807) is 20.8 Å². The highest BCUT2D eigenvalue weighted by Gasteiger charge is 2.25. The fourth-order valence-electron chi connectivity index (χ4n) is 4.03. The van der Waals surface area contributed by atoms with Crippen molar-refractivity contribution in [1.82, 2.24) is 16.0 Å². The zero-order valence-electron chi connectivity index (χ0n) is 24.2. The van der Waals surface area contributed by atoms with E-state index in [4.69, 9.17) is 9.47 Å². The molecule has 0 spiro atoms. The second kappa shape index (κ2) is 17.0. The molecule has 0 unspecified atom stereocenters. The zero-order valence-corrected chi connectivity index (χ0v) is 24.2. The lowest BCUT2D eigenvalue weighted by atomic mass is 9.98. The third-order valence-corrected chi connectivity index (χ3v) is 5.27. The maximum absolute atomic E-state index is 12.9. The highest BCUT2D eigenvalue weighted by molar-refractivity contribution is 5.81. The van der Waals surface area contributed by atoms with Crippen LogP contribution in [0.15, 0.2) is 0 Å². The predicted molar refractivity (Wildman–Crippen MR) is 141 cm³/mol. The van der Waals surface area contributed by atoms with Crippen molar-refractivity contribution in [3.8, 4) is 0 Å². The van der Waals surface area contributed by atoms with Crippen LogP contribution in [0.25, 0.3) is 0 Å². The molecule has 0 bridgehead atoms. The maximum atomic E-state index is 12.9. The third kappa shape index (κ3) is 19.2. The SMILES string of the molecule is COC(=O)C[C@@H](CCC(=O)OC(C)(C)C)NC(=O)C[C@@H](CC(C)C)NC(=O)C[C@@H](CC(C)C)NC(C)=O. The number of carbonyl (C=O) groups is 5. The Morgan fingerprint density at radius 2 is 1.16 bits per heavy atom. The smallest absolute Gasteiger partial charge is 0.307 e. The van der Waals surface area contributed by atoms with Crippen molar-refractivity contribution in [2.75, 3.05) is 7.11 Å². The summed E-state index contributed by atoms with van der Waals surface area (Å²) in [6.45, 7) is 14.8. The van der Waals surface area contributed by atoms with Gasteiger partial charge in [-0.25, -0.2) is 0 Å². The summed E-state index contributed by atoms with van der Waals surface area (Å²) in [6, 6.07) is -1.32. The van der Waals surface area contributed by atoms with Crippen molar-refractivity contribution in [2.45, 2.75) is 124 Å². The van der Waals surface area contributed by atoms with Crippen molar-refractivity contribution in [2.24, 2.45) is 11.8 Å². The molecule has 0 aromatic rings. The molecule has 10 nitrogen and oxygen atoms in total. The number of carbonyl (C=O) groups excluding carboxylic acids is 5. The Morgan fingerprint density at radius 1 is 0.703 bits per heavy atom. The molecule has 3 N–H and O–H groups in total. The summed E-state index contributed by atoms with van der Waals surface area (Å²) >= 11 is 0. The van der Waals surface area contributed by atoms with E-state index in [0.717, 1.165) is 0 Å². The molecule has 0 saturated heterocycles. The summed E-state index contributed by atoms with van der Waals surface area (Å²) in [4.78, 5) is 61.2. The molecule has 0 radical (unpaired) electrons. The Labute approximate surface area is 222 Å². The summed E-state index contributed by atoms with van der Waals surface area (Å²) < 4.78 is 10.0. The molecule has 0 aromatic carbocycles. The molecule has 0 aliphatic heterocycles. The molecular formula is C27H49N3O7. The van der Waals surface area contributed by atoms with E-state index in [0.29, 0.717) is 18.8 Å². The number of rotatable bonds is 16. The Kier molecular flexibility index (Phi) is 15.8. The van der Waals surface area contributed by atoms with Crippen LogP contribution < -0.4 is 16.0 Å². The number of amides is 3. The average molecular weight is 528 g/mol. The first kappa shape index (κ1) is 34.4. The van der Waals surface area contributed by atoms with Gasteiger partial charge in [0.2, 0.25) is 17.7 Å². The van der Waals surface area contributed by atoms with E-state index in [2.05, 4.69) is 16.0 Å². The number of hydrogen-bond acceptors (Lipinski definition) is 7. The summed E-state index contributed by atoms with van der Waals surface area (Å²) in [6.07, 6.45) is 1.54. The van der Waals surface area contributed by atoms with Crippen LogP contribution in [0.1, 0.15) is 100 Å². The molecule has 0 rings (SSSR count). The first-order valence-electron chi connectivity index (χ1n) is 13.1. The van der Waals surface area contributed by atoms with Crippen molar-refractivity contribution >= 4 is 29.7 Å². The van der Waals surface area contributed by atoms with Crippen LogP contribution in [0.5, 0.6) is 0 Å². The molecule has 0 heterocycles. The van der Waals surface area contributed by atoms with Crippen LogP contribution in [0.2, 0.25) is 0 Å². The lowest BCUT2D eigenvalue weighted by Gasteiger charge is -2.25. The largest absolute Gasteiger partial charge is 0.469 e. The van der Waals surface area contributed by atoms with Gasteiger partial charge in [0.25, 0.3) is 0 Å². The van der Waals surface area contributed by atoms with Crippen molar-refractivity contribution in [3.05, 3.63) is 0 Å². The van der Waals surface area contributed by atoms with Crippen LogP contribution in [0.3, 0.4) is 0 Å². The Bertz CT molecular complexity index is 760. The second-order valence-corrected chi connectivity index (χ2v) is 11.5. The molecule has 10 heteroatoms. The minimum atomic E-state index is -0.630. The third-order valence-electron chi connectivity index (χ3n) is 5.27. The Hall–Kier alpha value is -2.65. The van der Waals surface area contributed by atoms with Gasteiger partial charge in [-0.1, -0.05) is 27.7 Å². The number of hydrogen-bond donors (Lipinski definition) is 3. The summed E-state index contributed by atoms with van der Waals surface area (Å²) in [5.41, 5.74) is -0.630. The van der Waals surface area contributed by atoms with E-state index in [-0.39, 0.29) is 61.8 Å². The normalized spacial score (nSPS) is 13.9. The van der Waals surface area contributed by atoms with E-state index < -0.39 is 29.6 Å². The fraction of sp³-hybridized carbons (Fsp3) is 0.815. The van der Waals surface area contributed by atoms with Gasteiger partial charge in [0.1, 0.15) is 5.60 Å². The van der Waals surface area contributed by atoms with Crippen LogP contribution in [-0.4, -0.2) is 60.5 Å². The highest BCUT2D eigenvalue weighted by Crippen LogP contribution is 2.14. The van der Waals surface area contributed by atoms with Crippen LogP contribution >= 0.6 is 0 Å². The minimum Gasteiger partial charge on any atom is -0.469 e. The zero-order chi connectivity index (χ0) is 28.8. The van der Waals surface area contributed by atoms with Crippen LogP contribution in [0.4, 0.5) is 0 Å². The summed E-state index contributed by atoms with van der Waals surface area (Å²) in [5.74, 6) is -1.18. The maximum Gasteiger partial charge on any atom is 0.307 e. The predicted octanol–water partition coefficient (Wildman–Crippen LogP) is 3.02.